The van der Waals surface area contributed by atoms with E-state index in [1.165, 1.54) is 0 Å². The van der Waals surface area contributed by atoms with Crippen LogP contribution in [0, 0.1) is 6.92 Å². The summed E-state index contributed by atoms with van der Waals surface area (Å²) in [5, 5.41) is 2.79. The maximum atomic E-state index is 12.0. The van der Waals surface area contributed by atoms with Crippen LogP contribution >= 0.6 is 0 Å². The van der Waals surface area contributed by atoms with Crippen molar-refractivity contribution in [3.05, 3.63) is 54.1 Å². The van der Waals surface area contributed by atoms with Crippen LogP contribution in [0.15, 0.2) is 48.5 Å². The van der Waals surface area contributed by atoms with Crippen molar-refractivity contribution in [2.75, 3.05) is 11.1 Å². The normalized spacial score (nSPS) is 11.7. The standard InChI is InChI=1S/C16H18N2O2/c1-11-7-6-10-14(15(11)17)20-12(2)16(19)18-13-8-4-3-5-9-13/h3-10,12H,17H2,1-2H3,(H,18,19). The molecule has 0 heterocycles. The number of aryl methyl sites for hydroxylation is 1. The Morgan fingerprint density at radius 3 is 2.55 bits per heavy atom. The number of hydrogen-bond donors (Lipinski definition) is 2. The molecule has 1 unspecified atom stereocenters. The first kappa shape index (κ1) is 13.9. The van der Waals surface area contributed by atoms with Gasteiger partial charge in [0.15, 0.2) is 6.10 Å². The monoisotopic (exact) mass is 270 g/mol. The Morgan fingerprint density at radius 2 is 1.85 bits per heavy atom. The third-order valence-electron chi connectivity index (χ3n) is 3.00. The van der Waals surface area contributed by atoms with Gasteiger partial charge in [-0.05, 0) is 37.6 Å². The van der Waals surface area contributed by atoms with E-state index in [2.05, 4.69) is 5.32 Å². The lowest BCUT2D eigenvalue weighted by molar-refractivity contribution is -0.122. The summed E-state index contributed by atoms with van der Waals surface area (Å²) in [6, 6.07) is 14.8. The number of rotatable bonds is 4. The van der Waals surface area contributed by atoms with Crippen molar-refractivity contribution in [1.29, 1.82) is 0 Å². The second-order valence-electron chi connectivity index (χ2n) is 4.60. The van der Waals surface area contributed by atoms with Crippen LogP contribution in [0.4, 0.5) is 11.4 Å². The molecule has 4 nitrogen and oxygen atoms in total. The Balaban J connectivity index is 2.03. The third kappa shape index (κ3) is 3.29. The van der Waals surface area contributed by atoms with E-state index in [0.717, 1.165) is 11.3 Å². The molecule has 4 heteroatoms. The molecule has 0 radical (unpaired) electrons. The largest absolute Gasteiger partial charge is 0.479 e. The summed E-state index contributed by atoms with van der Waals surface area (Å²) in [7, 11) is 0. The van der Waals surface area contributed by atoms with Crippen molar-refractivity contribution in [3.8, 4) is 5.75 Å². The lowest BCUT2D eigenvalue weighted by Gasteiger charge is -2.16. The number of anilines is 2. The molecule has 0 bridgehead atoms. The van der Waals surface area contributed by atoms with Crippen molar-refractivity contribution in [1.82, 2.24) is 0 Å². The fourth-order valence-corrected chi connectivity index (χ4v) is 1.77. The second kappa shape index (κ2) is 6.10. The molecule has 2 aromatic rings. The van der Waals surface area contributed by atoms with Gasteiger partial charge in [-0.25, -0.2) is 0 Å². The second-order valence-corrected chi connectivity index (χ2v) is 4.60. The van der Waals surface area contributed by atoms with Gasteiger partial charge in [0, 0.05) is 5.69 Å². The topological polar surface area (TPSA) is 64.3 Å². The minimum Gasteiger partial charge on any atom is -0.479 e. The summed E-state index contributed by atoms with van der Waals surface area (Å²) < 4.78 is 5.62. The number of hydrogen-bond acceptors (Lipinski definition) is 3. The number of ether oxygens (including phenoxy) is 1. The van der Waals surface area contributed by atoms with Crippen LogP contribution in [0.5, 0.6) is 5.75 Å². The molecule has 104 valence electrons. The van der Waals surface area contributed by atoms with E-state index in [0.29, 0.717) is 11.4 Å². The average molecular weight is 270 g/mol. The smallest absolute Gasteiger partial charge is 0.265 e. The van der Waals surface area contributed by atoms with Gasteiger partial charge in [0.1, 0.15) is 5.75 Å². The zero-order valence-electron chi connectivity index (χ0n) is 11.6. The van der Waals surface area contributed by atoms with Gasteiger partial charge in [-0.1, -0.05) is 30.3 Å². The Morgan fingerprint density at radius 1 is 1.15 bits per heavy atom. The molecule has 20 heavy (non-hydrogen) atoms. The lowest BCUT2D eigenvalue weighted by atomic mass is 10.2. The Bertz CT molecular complexity index is 597. The number of benzene rings is 2. The highest BCUT2D eigenvalue weighted by molar-refractivity contribution is 5.94. The quantitative estimate of drug-likeness (QED) is 0.839. The molecule has 0 saturated carbocycles. The van der Waals surface area contributed by atoms with Crippen molar-refractivity contribution in [2.45, 2.75) is 20.0 Å². The number of nitrogens with two attached hydrogens (primary N) is 1. The number of carbonyl (C=O) groups excluding carboxylic acids is 1. The van der Waals surface area contributed by atoms with E-state index >= 15 is 0 Å². The molecule has 0 aliphatic heterocycles. The van der Waals surface area contributed by atoms with E-state index in [9.17, 15) is 4.79 Å². The van der Waals surface area contributed by atoms with E-state index in [1.54, 1.807) is 13.0 Å². The first-order valence-electron chi connectivity index (χ1n) is 6.45. The zero-order valence-corrected chi connectivity index (χ0v) is 11.6. The van der Waals surface area contributed by atoms with E-state index in [1.807, 2.05) is 49.4 Å². The molecule has 2 aromatic carbocycles. The highest BCUT2D eigenvalue weighted by atomic mass is 16.5. The lowest BCUT2D eigenvalue weighted by Crippen LogP contribution is -2.30. The molecular weight excluding hydrogens is 252 g/mol. The van der Waals surface area contributed by atoms with Crippen LogP contribution in [0.1, 0.15) is 12.5 Å². The average Bonchev–Trinajstić information content (AvgIpc) is 2.45. The van der Waals surface area contributed by atoms with E-state index in [-0.39, 0.29) is 5.91 Å². The van der Waals surface area contributed by atoms with E-state index < -0.39 is 6.10 Å². The Hall–Kier alpha value is -2.49. The maximum absolute atomic E-state index is 12.0. The third-order valence-corrected chi connectivity index (χ3v) is 3.00. The Kier molecular flexibility index (Phi) is 4.25. The van der Waals surface area contributed by atoms with Crippen LogP contribution in [0.2, 0.25) is 0 Å². The zero-order chi connectivity index (χ0) is 14.5. The van der Waals surface area contributed by atoms with Gasteiger partial charge >= 0.3 is 0 Å². The number of para-hydroxylation sites is 2. The molecule has 0 aliphatic carbocycles. The number of carbonyl (C=O) groups is 1. The van der Waals surface area contributed by atoms with Crippen LogP contribution in [0.3, 0.4) is 0 Å². The SMILES string of the molecule is Cc1cccc(OC(C)C(=O)Nc2ccccc2)c1N. The highest BCUT2D eigenvalue weighted by Gasteiger charge is 2.16. The van der Waals surface area contributed by atoms with E-state index in [4.69, 9.17) is 10.5 Å². The first-order chi connectivity index (χ1) is 9.58. The van der Waals surface area contributed by atoms with Crippen LogP contribution < -0.4 is 15.8 Å². The van der Waals surface area contributed by atoms with Crippen molar-refractivity contribution in [3.63, 3.8) is 0 Å². The predicted octanol–water partition coefficient (Wildman–Crippen LogP) is 2.98. The summed E-state index contributed by atoms with van der Waals surface area (Å²) in [6.45, 7) is 3.59. The first-order valence-corrected chi connectivity index (χ1v) is 6.45. The van der Waals surface area contributed by atoms with Gasteiger partial charge in [-0.15, -0.1) is 0 Å². The maximum Gasteiger partial charge on any atom is 0.265 e. The molecular formula is C16H18N2O2. The summed E-state index contributed by atoms with van der Waals surface area (Å²) in [4.78, 5) is 12.0. The van der Waals surface area contributed by atoms with Crippen molar-refractivity contribution < 1.29 is 9.53 Å². The minimum absolute atomic E-state index is 0.211. The Labute approximate surface area is 118 Å². The van der Waals surface area contributed by atoms with Gasteiger partial charge in [0.25, 0.3) is 5.91 Å². The molecule has 3 N–H and O–H groups in total. The molecule has 1 atom stereocenters. The van der Waals surface area contributed by atoms with Crippen molar-refractivity contribution in [2.24, 2.45) is 0 Å². The van der Waals surface area contributed by atoms with Gasteiger partial charge in [0.05, 0.1) is 5.69 Å². The number of nitrogen functional groups attached to an aromatic ring is 1. The minimum atomic E-state index is -0.626. The summed E-state index contributed by atoms with van der Waals surface area (Å²) >= 11 is 0. The van der Waals surface area contributed by atoms with Gasteiger partial charge in [-0.2, -0.15) is 0 Å². The molecule has 0 spiro atoms. The van der Waals surface area contributed by atoms with Gasteiger partial charge < -0.3 is 15.8 Å². The summed E-state index contributed by atoms with van der Waals surface area (Å²) in [6.07, 6.45) is -0.626. The van der Waals surface area contributed by atoms with Gasteiger partial charge in [0.2, 0.25) is 0 Å². The molecule has 0 aliphatic rings. The fraction of sp³-hybridized carbons (Fsp3) is 0.188. The number of amides is 1. The molecule has 2 rings (SSSR count). The van der Waals surface area contributed by atoms with Crippen LogP contribution in [0.25, 0.3) is 0 Å². The van der Waals surface area contributed by atoms with Crippen LogP contribution in [-0.4, -0.2) is 12.0 Å². The fourth-order valence-electron chi connectivity index (χ4n) is 1.77. The highest BCUT2D eigenvalue weighted by Crippen LogP contribution is 2.25. The molecule has 0 fully saturated rings. The predicted molar refractivity (Wildman–Crippen MR) is 80.8 cm³/mol. The van der Waals surface area contributed by atoms with Gasteiger partial charge in [-0.3, -0.25) is 4.79 Å². The molecule has 1 amide bonds. The van der Waals surface area contributed by atoms with Crippen LogP contribution in [-0.2, 0) is 4.79 Å². The van der Waals surface area contributed by atoms with Crippen molar-refractivity contribution >= 4 is 17.3 Å². The summed E-state index contributed by atoms with van der Waals surface area (Å²) in [5.74, 6) is 0.317. The molecule has 0 aromatic heterocycles. The number of nitrogens with one attached hydrogen (secondary N) is 1. The molecule has 0 saturated heterocycles. The summed E-state index contributed by atoms with van der Waals surface area (Å²) in [5.41, 5.74) is 8.16.